The second-order valence-corrected chi connectivity index (χ2v) is 4.89. The van der Waals surface area contributed by atoms with Crippen LogP contribution in [0.3, 0.4) is 0 Å². The molecule has 0 saturated heterocycles. The van der Waals surface area contributed by atoms with Gasteiger partial charge in [0, 0.05) is 5.41 Å². The molecule has 1 rings (SSSR count). The average molecular weight is 220 g/mol. The highest BCUT2D eigenvalue weighted by Crippen LogP contribution is 2.22. The molecule has 0 bridgehead atoms. The minimum absolute atomic E-state index is 0. The van der Waals surface area contributed by atoms with Gasteiger partial charge in [0.05, 0.1) is 5.54 Å². The summed E-state index contributed by atoms with van der Waals surface area (Å²) in [5.74, 6) is 1.18. The lowest BCUT2D eigenvalue weighted by molar-refractivity contribution is 0.313. The van der Waals surface area contributed by atoms with Crippen molar-refractivity contribution in [3.63, 3.8) is 0 Å². The van der Waals surface area contributed by atoms with Gasteiger partial charge in [-0.1, -0.05) is 25.9 Å². The first-order valence-corrected chi connectivity index (χ1v) is 4.35. The zero-order chi connectivity index (χ0) is 10.3. The molecule has 0 unspecified atom stereocenters. The van der Waals surface area contributed by atoms with Crippen molar-refractivity contribution in [2.45, 2.75) is 45.6 Å². The van der Waals surface area contributed by atoms with Gasteiger partial charge in [0.1, 0.15) is 0 Å². The summed E-state index contributed by atoms with van der Waals surface area (Å²) in [6.45, 7) is 9.77. The molecule has 1 heterocycles. The number of aromatic nitrogens is 2. The van der Waals surface area contributed by atoms with E-state index in [1.165, 1.54) is 0 Å². The number of nitrogens with zero attached hydrogens (tertiary/aromatic N) is 2. The van der Waals surface area contributed by atoms with Crippen LogP contribution in [0.5, 0.6) is 0 Å². The van der Waals surface area contributed by atoms with Crippen molar-refractivity contribution >= 4 is 12.4 Å². The van der Waals surface area contributed by atoms with E-state index in [9.17, 15) is 0 Å². The number of nitrogens with two attached hydrogens (primary N) is 1. The standard InChI is InChI=1S/C9H17N3O.ClH/c1-8(2,3)7-11-6(12-13-7)9(4,5)10;/h10H2,1-5H3;1H. The molecule has 0 aliphatic heterocycles. The summed E-state index contributed by atoms with van der Waals surface area (Å²) in [7, 11) is 0. The van der Waals surface area contributed by atoms with Crippen LogP contribution in [0.15, 0.2) is 4.52 Å². The van der Waals surface area contributed by atoms with Gasteiger partial charge in [-0.3, -0.25) is 0 Å². The average Bonchev–Trinajstić information content (AvgIpc) is 2.28. The molecule has 0 aliphatic rings. The Bertz CT molecular complexity index is 267. The van der Waals surface area contributed by atoms with Gasteiger partial charge >= 0.3 is 0 Å². The second-order valence-electron chi connectivity index (χ2n) is 4.89. The predicted molar refractivity (Wildman–Crippen MR) is 57.5 cm³/mol. The predicted octanol–water partition coefficient (Wildman–Crippen LogP) is 1.98. The van der Waals surface area contributed by atoms with Crippen LogP contribution >= 0.6 is 12.4 Å². The van der Waals surface area contributed by atoms with E-state index in [1.807, 2.05) is 34.6 Å². The summed E-state index contributed by atoms with van der Waals surface area (Å²) in [6.07, 6.45) is 0. The maximum absolute atomic E-state index is 5.83. The monoisotopic (exact) mass is 219 g/mol. The molecule has 0 aliphatic carbocycles. The van der Waals surface area contributed by atoms with E-state index in [0.717, 1.165) is 0 Å². The molecule has 1 aromatic rings. The largest absolute Gasteiger partial charge is 0.339 e. The maximum atomic E-state index is 5.83. The first kappa shape index (κ1) is 13.4. The molecule has 0 radical (unpaired) electrons. The van der Waals surface area contributed by atoms with Crippen LogP contribution in [-0.2, 0) is 11.0 Å². The minimum atomic E-state index is -0.535. The van der Waals surface area contributed by atoms with Crippen molar-refractivity contribution in [3.05, 3.63) is 11.7 Å². The molecule has 0 amide bonds. The normalized spacial score (nSPS) is 12.4. The third-order valence-corrected chi connectivity index (χ3v) is 1.64. The van der Waals surface area contributed by atoms with Crippen molar-refractivity contribution in [3.8, 4) is 0 Å². The molecule has 0 atom stereocenters. The Balaban J connectivity index is 0.00000169. The van der Waals surface area contributed by atoms with Gasteiger partial charge in [0.2, 0.25) is 5.89 Å². The van der Waals surface area contributed by atoms with E-state index in [2.05, 4.69) is 10.1 Å². The van der Waals surface area contributed by atoms with Crippen LogP contribution in [0.2, 0.25) is 0 Å². The third kappa shape index (κ3) is 2.96. The van der Waals surface area contributed by atoms with Crippen LogP contribution < -0.4 is 5.73 Å². The maximum Gasteiger partial charge on any atom is 0.232 e. The lowest BCUT2D eigenvalue weighted by atomic mass is 9.97. The number of hydrogen-bond acceptors (Lipinski definition) is 4. The molecule has 2 N–H and O–H groups in total. The van der Waals surface area contributed by atoms with Crippen LogP contribution in [0, 0.1) is 0 Å². The zero-order valence-electron chi connectivity index (χ0n) is 9.29. The van der Waals surface area contributed by atoms with Crippen molar-refractivity contribution in [2.24, 2.45) is 5.73 Å². The summed E-state index contributed by atoms with van der Waals surface area (Å²) >= 11 is 0. The third-order valence-electron chi connectivity index (χ3n) is 1.64. The van der Waals surface area contributed by atoms with Crippen LogP contribution in [-0.4, -0.2) is 10.1 Å². The molecule has 14 heavy (non-hydrogen) atoms. The Morgan fingerprint density at radius 2 is 1.64 bits per heavy atom. The van der Waals surface area contributed by atoms with E-state index < -0.39 is 5.54 Å². The number of rotatable bonds is 1. The van der Waals surface area contributed by atoms with E-state index in [-0.39, 0.29) is 17.8 Å². The Kier molecular flexibility index (Phi) is 3.70. The first-order valence-electron chi connectivity index (χ1n) is 4.35. The molecular formula is C9H18ClN3O. The van der Waals surface area contributed by atoms with E-state index in [4.69, 9.17) is 10.3 Å². The minimum Gasteiger partial charge on any atom is -0.339 e. The van der Waals surface area contributed by atoms with Crippen molar-refractivity contribution < 1.29 is 4.52 Å². The molecule has 0 saturated carbocycles. The van der Waals surface area contributed by atoms with Gasteiger partial charge in [-0.05, 0) is 13.8 Å². The Hall–Kier alpha value is -0.610. The highest BCUT2D eigenvalue weighted by atomic mass is 35.5. The highest BCUT2D eigenvalue weighted by Gasteiger charge is 2.26. The molecular weight excluding hydrogens is 202 g/mol. The molecule has 1 aromatic heterocycles. The Labute approximate surface area is 90.7 Å². The molecule has 4 nitrogen and oxygen atoms in total. The summed E-state index contributed by atoms with van der Waals surface area (Å²) in [5, 5.41) is 3.84. The lowest BCUT2D eigenvalue weighted by Crippen LogP contribution is -2.30. The Morgan fingerprint density at radius 1 is 1.14 bits per heavy atom. The van der Waals surface area contributed by atoms with Crippen LogP contribution in [0.4, 0.5) is 0 Å². The van der Waals surface area contributed by atoms with Crippen molar-refractivity contribution in [1.29, 1.82) is 0 Å². The fraction of sp³-hybridized carbons (Fsp3) is 0.778. The second kappa shape index (κ2) is 3.87. The molecule has 5 heteroatoms. The smallest absolute Gasteiger partial charge is 0.232 e. The van der Waals surface area contributed by atoms with Gasteiger partial charge in [0.25, 0.3) is 0 Å². The molecule has 82 valence electrons. The van der Waals surface area contributed by atoms with Crippen LogP contribution in [0.25, 0.3) is 0 Å². The zero-order valence-corrected chi connectivity index (χ0v) is 10.1. The Morgan fingerprint density at radius 3 is 1.86 bits per heavy atom. The van der Waals surface area contributed by atoms with Gasteiger partial charge in [-0.25, -0.2) is 0 Å². The summed E-state index contributed by atoms with van der Waals surface area (Å²) in [4.78, 5) is 4.25. The quantitative estimate of drug-likeness (QED) is 0.785. The van der Waals surface area contributed by atoms with Crippen LogP contribution in [0.1, 0.15) is 46.3 Å². The summed E-state index contributed by atoms with van der Waals surface area (Å²) in [5.41, 5.74) is 5.18. The fourth-order valence-electron chi connectivity index (χ4n) is 0.790. The van der Waals surface area contributed by atoms with E-state index in [1.54, 1.807) is 0 Å². The van der Waals surface area contributed by atoms with E-state index in [0.29, 0.717) is 11.7 Å². The first-order chi connectivity index (χ1) is 5.71. The van der Waals surface area contributed by atoms with E-state index >= 15 is 0 Å². The van der Waals surface area contributed by atoms with Gasteiger partial charge in [-0.2, -0.15) is 4.98 Å². The van der Waals surface area contributed by atoms with Gasteiger partial charge in [-0.15, -0.1) is 12.4 Å². The van der Waals surface area contributed by atoms with Crippen molar-refractivity contribution in [2.75, 3.05) is 0 Å². The summed E-state index contributed by atoms with van der Waals surface area (Å²) in [6, 6.07) is 0. The topological polar surface area (TPSA) is 64.9 Å². The molecule has 0 fully saturated rings. The highest BCUT2D eigenvalue weighted by molar-refractivity contribution is 5.85. The van der Waals surface area contributed by atoms with Gasteiger partial charge < -0.3 is 10.3 Å². The van der Waals surface area contributed by atoms with Crippen molar-refractivity contribution in [1.82, 2.24) is 10.1 Å². The SMILES string of the molecule is CC(C)(C)c1nc(C(C)(C)N)no1.Cl. The molecule has 0 spiro atoms. The number of halogens is 1. The summed E-state index contributed by atoms with van der Waals surface area (Å²) < 4.78 is 5.11. The number of hydrogen-bond donors (Lipinski definition) is 1. The lowest BCUT2D eigenvalue weighted by Gasteiger charge is -2.13. The molecule has 0 aromatic carbocycles. The van der Waals surface area contributed by atoms with Gasteiger partial charge in [0.15, 0.2) is 5.82 Å². The fourth-order valence-corrected chi connectivity index (χ4v) is 0.790.